The molecule has 102 valence electrons. The Morgan fingerprint density at radius 2 is 1.78 bits per heavy atom. The number of aryl methyl sites for hydroxylation is 2. The van der Waals surface area contributed by atoms with Crippen molar-refractivity contribution in [3.8, 4) is 5.75 Å². The van der Waals surface area contributed by atoms with Crippen molar-refractivity contribution in [3.63, 3.8) is 0 Å². The summed E-state index contributed by atoms with van der Waals surface area (Å²) < 4.78 is 27.6. The predicted octanol–water partition coefficient (Wildman–Crippen LogP) is 3.20. The molecule has 0 saturated carbocycles. The fraction of sp³-hybridized carbons (Fsp3) is 0.538. The van der Waals surface area contributed by atoms with Crippen molar-refractivity contribution in [1.29, 1.82) is 0 Å². The Balaban J connectivity index is 2.72. The van der Waals surface area contributed by atoms with E-state index in [4.69, 9.17) is 15.4 Å². The van der Waals surface area contributed by atoms with Crippen LogP contribution in [0, 0.1) is 26.7 Å². The van der Waals surface area contributed by atoms with E-state index in [0.29, 0.717) is 6.61 Å². The second kappa shape index (κ2) is 5.93. The lowest BCUT2D eigenvalue weighted by atomic mass is 10.1. The molecule has 0 saturated heterocycles. The van der Waals surface area contributed by atoms with Gasteiger partial charge in [-0.15, -0.1) is 0 Å². The molecule has 0 spiro atoms. The van der Waals surface area contributed by atoms with E-state index in [-0.39, 0.29) is 11.7 Å². The smallest absolute Gasteiger partial charge is 0.232 e. The van der Waals surface area contributed by atoms with Crippen LogP contribution in [0.25, 0.3) is 0 Å². The highest BCUT2D eigenvalue weighted by atomic mass is 35.7. The quantitative estimate of drug-likeness (QED) is 0.782. The van der Waals surface area contributed by atoms with Gasteiger partial charge in [0, 0.05) is 16.6 Å². The molecular formula is C13H19ClO3S. The molecule has 1 aromatic rings. The van der Waals surface area contributed by atoms with Gasteiger partial charge in [-0.1, -0.05) is 19.1 Å². The average molecular weight is 291 g/mol. The molecule has 0 N–H and O–H groups in total. The second-order valence-electron chi connectivity index (χ2n) is 4.78. The van der Waals surface area contributed by atoms with Crippen molar-refractivity contribution < 1.29 is 13.2 Å². The van der Waals surface area contributed by atoms with Gasteiger partial charge < -0.3 is 4.74 Å². The third-order valence-electron chi connectivity index (χ3n) is 2.87. The highest BCUT2D eigenvalue weighted by Gasteiger charge is 2.14. The second-order valence-corrected chi connectivity index (χ2v) is 7.60. The molecule has 18 heavy (non-hydrogen) atoms. The summed E-state index contributed by atoms with van der Waals surface area (Å²) in [5.74, 6) is 0.638. The van der Waals surface area contributed by atoms with Crippen LogP contribution in [0.3, 0.4) is 0 Å². The molecule has 0 aromatic heterocycles. The van der Waals surface area contributed by atoms with Crippen LogP contribution in [0.2, 0.25) is 0 Å². The van der Waals surface area contributed by atoms with Crippen molar-refractivity contribution in [2.45, 2.75) is 27.7 Å². The molecular weight excluding hydrogens is 272 g/mol. The van der Waals surface area contributed by atoms with Crippen molar-refractivity contribution >= 4 is 19.7 Å². The Kier molecular flexibility index (Phi) is 5.05. The van der Waals surface area contributed by atoms with Crippen molar-refractivity contribution in [1.82, 2.24) is 0 Å². The van der Waals surface area contributed by atoms with E-state index in [1.165, 1.54) is 0 Å². The zero-order chi connectivity index (χ0) is 13.9. The lowest BCUT2D eigenvalue weighted by Crippen LogP contribution is -2.17. The first kappa shape index (κ1) is 15.3. The Morgan fingerprint density at radius 1 is 1.22 bits per heavy atom. The van der Waals surface area contributed by atoms with E-state index in [2.05, 4.69) is 0 Å². The molecule has 0 aliphatic carbocycles. The third kappa shape index (κ3) is 4.50. The van der Waals surface area contributed by atoms with Crippen LogP contribution >= 0.6 is 10.7 Å². The number of hydrogen-bond acceptors (Lipinski definition) is 3. The van der Waals surface area contributed by atoms with Gasteiger partial charge in [-0.2, -0.15) is 0 Å². The number of halogens is 1. The fourth-order valence-electron chi connectivity index (χ4n) is 1.76. The van der Waals surface area contributed by atoms with Crippen LogP contribution in [0.1, 0.15) is 23.6 Å². The Labute approximate surface area is 114 Å². The van der Waals surface area contributed by atoms with Gasteiger partial charge >= 0.3 is 0 Å². The van der Waals surface area contributed by atoms with E-state index in [0.717, 1.165) is 22.4 Å². The predicted molar refractivity (Wildman–Crippen MR) is 75.0 cm³/mol. The summed E-state index contributed by atoms with van der Waals surface area (Å²) in [4.78, 5) is 0. The van der Waals surface area contributed by atoms with E-state index >= 15 is 0 Å². The normalized spacial score (nSPS) is 13.4. The number of benzene rings is 1. The van der Waals surface area contributed by atoms with Crippen LogP contribution < -0.4 is 4.74 Å². The summed E-state index contributed by atoms with van der Waals surface area (Å²) >= 11 is 0. The molecule has 1 atom stereocenters. The van der Waals surface area contributed by atoms with Crippen LogP contribution in [0.15, 0.2) is 12.1 Å². The molecule has 1 unspecified atom stereocenters. The van der Waals surface area contributed by atoms with E-state index < -0.39 is 9.05 Å². The Morgan fingerprint density at radius 3 is 2.33 bits per heavy atom. The molecule has 5 heteroatoms. The van der Waals surface area contributed by atoms with Gasteiger partial charge in [0.1, 0.15) is 5.75 Å². The van der Waals surface area contributed by atoms with Crippen LogP contribution in [0.4, 0.5) is 0 Å². The Hall–Kier alpha value is -0.740. The largest absolute Gasteiger partial charge is 0.493 e. The summed E-state index contributed by atoms with van der Waals surface area (Å²) in [6.45, 7) is 8.15. The molecule has 0 aliphatic rings. The van der Waals surface area contributed by atoms with E-state index in [9.17, 15) is 8.42 Å². The first-order valence-corrected chi connectivity index (χ1v) is 8.30. The molecule has 0 fully saturated rings. The minimum absolute atomic E-state index is 0.0710. The van der Waals surface area contributed by atoms with E-state index in [1.54, 1.807) is 6.92 Å². The maximum Gasteiger partial charge on any atom is 0.232 e. The molecule has 1 aromatic carbocycles. The molecule has 0 radical (unpaired) electrons. The number of hydrogen-bond donors (Lipinski definition) is 0. The van der Waals surface area contributed by atoms with Crippen LogP contribution in [0.5, 0.6) is 5.75 Å². The zero-order valence-corrected chi connectivity index (χ0v) is 12.7. The van der Waals surface area contributed by atoms with Crippen molar-refractivity contribution in [2.24, 2.45) is 5.92 Å². The maximum atomic E-state index is 11.0. The van der Waals surface area contributed by atoms with Crippen molar-refractivity contribution in [3.05, 3.63) is 28.8 Å². The maximum absolute atomic E-state index is 11.0. The SMILES string of the molecule is Cc1ccc(C)c(OCC(C)CS(=O)(=O)Cl)c1C. The highest BCUT2D eigenvalue weighted by molar-refractivity contribution is 8.13. The van der Waals surface area contributed by atoms with Gasteiger partial charge in [0.2, 0.25) is 9.05 Å². The van der Waals surface area contributed by atoms with Crippen LogP contribution in [-0.4, -0.2) is 20.8 Å². The van der Waals surface area contributed by atoms with Crippen LogP contribution in [-0.2, 0) is 9.05 Å². The van der Waals surface area contributed by atoms with Gasteiger partial charge in [-0.3, -0.25) is 0 Å². The molecule has 1 rings (SSSR count). The third-order valence-corrected chi connectivity index (χ3v) is 4.21. The van der Waals surface area contributed by atoms with Gasteiger partial charge in [-0.05, 0) is 37.5 Å². The van der Waals surface area contributed by atoms with Gasteiger partial charge in [-0.25, -0.2) is 8.42 Å². The monoisotopic (exact) mass is 290 g/mol. The molecule has 0 heterocycles. The first-order chi connectivity index (χ1) is 8.20. The van der Waals surface area contributed by atoms with Gasteiger partial charge in [0.15, 0.2) is 0 Å². The summed E-state index contributed by atoms with van der Waals surface area (Å²) in [5, 5.41) is 0. The topological polar surface area (TPSA) is 43.4 Å². The summed E-state index contributed by atoms with van der Waals surface area (Å²) in [6.07, 6.45) is 0. The average Bonchev–Trinajstić information content (AvgIpc) is 2.21. The first-order valence-electron chi connectivity index (χ1n) is 5.82. The fourth-order valence-corrected chi connectivity index (χ4v) is 3.18. The molecule has 0 aliphatic heterocycles. The van der Waals surface area contributed by atoms with Crippen molar-refractivity contribution in [2.75, 3.05) is 12.4 Å². The lowest BCUT2D eigenvalue weighted by Gasteiger charge is -2.16. The highest BCUT2D eigenvalue weighted by Crippen LogP contribution is 2.26. The number of rotatable bonds is 5. The zero-order valence-electron chi connectivity index (χ0n) is 11.2. The summed E-state index contributed by atoms with van der Waals surface area (Å²) in [7, 11) is 1.75. The Bertz CT molecular complexity index is 523. The minimum Gasteiger partial charge on any atom is -0.493 e. The van der Waals surface area contributed by atoms with E-state index in [1.807, 2.05) is 32.9 Å². The standard InChI is InChI=1S/C13H19ClO3S/c1-9(8-18(14,15)16)7-17-13-11(3)6-5-10(2)12(13)4/h5-6,9H,7-8H2,1-4H3. The molecule has 3 nitrogen and oxygen atoms in total. The van der Waals surface area contributed by atoms with Gasteiger partial charge in [0.05, 0.1) is 12.4 Å². The summed E-state index contributed by atoms with van der Waals surface area (Å²) in [5.41, 5.74) is 3.31. The van der Waals surface area contributed by atoms with Gasteiger partial charge in [0.25, 0.3) is 0 Å². The minimum atomic E-state index is -3.46. The number of ether oxygens (including phenoxy) is 1. The molecule has 0 amide bonds. The summed E-state index contributed by atoms with van der Waals surface area (Å²) in [6, 6.07) is 4.05. The lowest BCUT2D eigenvalue weighted by molar-refractivity contribution is 0.268. The molecule has 0 bridgehead atoms.